The van der Waals surface area contributed by atoms with Crippen molar-refractivity contribution in [2.45, 2.75) is 6.92 Å². The minimum atomic E-state index is 0.0831. The van der Waals surface area contributed by atoms with Crippen LogP contribution in [-0.4, -0.2) is 6.71 Å². The topological polar surface area (TPSA) is 15.7 Å². The van der Waals surface area contributed by atoms with Gasteiger partial charge in [0.15, 0.2) is 0 Å². The number of hydrogen-bond donors (Lipinski definition) is 0. The zero-order valence-electron chi connectivity index (χ0n) is 22.7. The Labute approximate surface area is 241 Å². The van der Waals surface area contributed by atoms with Crippen molar-refractivity contribution in [1.29, 1.82) is 0 Å². The zero-order chi connectivity index (χ0) is 27.3. The second-order valence-corrected chi connectivity index (χ2v) is 10.7. The van der Waals surface area contributed by atoms with Crippen LogP contribution in [-0.2, 0) is 0 Å². The number of ether oxygens (including phenoxy) is 1. The number of aryl methyl sites for hydroxylation is 1. The third-order valence-corrected chi connectivity index (χ3v) is 8.17. The van der Waals surface area contributed by atoms with Gasteiger partial charge in [0.05, 0.1) is 0 Å². The van der Waals surface area contributed by atoms with Gasteiger partial charge >= 0.3 is 0 Å². The van der Waals surface area contributed by atoms with Gasteiger partial charge in [-0.3, -0.25) is 0 Å². The summed E-state index contributed by atoms with van der Waals surface area (Å²) in [6.07, 6.45) is 0. The molecule has 0 radical (unpaired) electrons. The van der Waals surface area contributed by atoms with Crippen LogP contribution in [0.4, 0.5) is 34.1 Å². The maximum Gasteiger partial charge on any atom is 0.256 e. The molecule has 6 aromatic rings. The lowest BCUT2D eigenvalue weighted by atomic mass is 9.34. The third-order valence-electron chi connectivity index (χ3n) is 8.17. The number of anilines is 6. The summed E-state index contributed by atoms with van der Waals surface area (Å²) >= 11 is 0. The Morgan fingerprint density at radius 2 is 1.20 bits per heavy atom. The molecule has 0 N–H and O–H groups in total. The van der Waals surface area contributed by atoms with Crippen LogP contribution in [0.3, 0.4) is 0 Å². The van der Waals surface area contributed by atoms with E-state index in [-0.39, 0.29) is 6.71 Å². The highest BCUT2D eigenvalue weighted by molar-refractivity contribution is 6.99. The van der Waals surface area contributed by atoms with Crippen molar-refractivity contribution in [3.05, 3.63) is 151 Å². The van der Waals surface area contributed by atoms with Crippen molar-refractivity contribution in [3.63, 3.8) is 0 Å². The summed E-state index contributed by atoms with van der Waals surface area (Å²) in [6, 6.07) is 51.7. The van der Waals surface area contributed by atoms with Crippen molar-refractivity contribution in [2.24, 2.45) is 0 Å². The normalized spacial score (nSPS) is 12.6. The van der Waals surface area contributed by atoms with Crippen LogP contribution < -0.4 is 30.9 Å². The van der Waals surface area contributed by atoms with E-state index in [2.05, 4.69) is 162 Å². The summed E-state index contributed by atoms with van der Waals surface area (Å²) in [6.45, 7) is 2.20. The van der Waals surface area contributed by atoms with E-state index in [4.69, 9.17) is 4.74 Å². The van der Waals surface area contributed by atoms with Gasteiger partial charge in [-0.2, -0.15) is 0 Å². The van der Waals surface area contributed by atoms with E-state index < -0.39 is 0 Å². The molecular formula is C37H27BN2O. The van der Waals surface area contributed by atoms with Gasteiger partial charge in [0, 0.05) is 40.2 Å². The molecule has 4 heteroatoms. The predicted molar refractivity (Wildman–Crippen MR) is 172 cm³/mol. The molecule has 0 fully saturated rings. The molecule has 3 nitrogen and oxygen atoms in total. The molecule has 0 atom stereocenters. The lowest BCUT2D eigenvalue weighted by Crippen LogP contribution is -2.59. The number of hydrogen-bond acceptors (Lipinski definition) is 3. The molecule has 2 aliphatic rings. The highest BCUT2D eigenvalue weighted by atomic mass is 16.5. The Kier molecular flexibility index (Phi) is 5.46. The van der Waals surface area contributed by atoms with Crippen LogP contribution >= 0.6 is 0 Å². The summed E-state index contributed by atoms with van der Waals surface area (Å²) in [7, 11) is 0. The largest absolute Gasteiger partial charge is 0.458 e. The van der Waals surface area contributed by atoms with Crippen molar-refractivity contribution in [1.82, 2.24) is 0 Å². The fraction of sp³-hybridized carbons (Fsp3) is 0.0270. The molecule has 8 rings (SSSR count). The van der Waals surface area contributed by atoms with Gasteiger partial charge in [-0.25, -0.2) is 0 Å². The second kappa shape index (κ2) is 9.46. The van der Waals surface area contributed by atoms with Gasteiger partial charge in [0.2, 0.25) is 0 Å². The Hall–Kier alpha value is -5.22. The summed E-state index contributed by atoms with van der Waals surface area (Å²) in [4.78, 5) is 4.66. The molecule has 0 spiro atoms. The molecule has 0 unspecified atom stereocenters. The van der Waals surface area contributed by atoms with Crippen molar-refractivity contribution in [3.8, 4) is 11.5 Å². The Bertz CT molecular complexity index is 1890. The van der Waals surface area contributed by atoms with Crippen LogP contribution in [0.15, 0.2) is 146 Å². The molecule has 41 heavy (non-hydrogen) atoms. The van der Waals surface area contributed by atoms with Gasteiger partial charge in [-0.15, -0.1) is 0 Å². The molecular weight excluding hydrogens is 499 g/mol. The van der Waals surface area contributed by atoms with Gasteiger partial charge in [0.1, 0.15) is 11.5 Å². The van der Waals surface area contributed by atoms with E-state index in [9.17, 15) is 0 Å². The molecule has 2 aliphatic heterocycles. The van der Waals surface area contributed by atoms with Gasteiger partial charge in [0.25, 0.3) is 6.71 Å². The summed E-state index contributed by atoms with van der Waals surface area (Å²) in [5.74, 6) is 1.81. The van der Waals surface area contributed by atoms with E-state index in [0.29, 0.717) is 0 Å². The molecule has 194 valence electrons. The van der Waals surface area contributed by atoms with Crippen LogP contribution in [0.1, 0.15) is 5.56 Å². The average molecular weight is 526 g/mol. The lowest BCUT2D eigenvalue weighted by Gasteiger charge is -2.40. The van der Waals surface area contributed by atoms with Gasteiger partial charge in [-0.1, -0.05) is 84.4 Å². The first-order chi connectivity index (χ1) is 20.3. The Balaban J connectivity index is 1.30. The summed E-state index contributed by atoms with van der Waals surface area (Å²) in [5.41, 5.74) is 11.7. The first-order valence-corrected chi connectivity index (χ1v) is 14.1. The van der Waals surface area contributed by atoms with E-state index in [0.717, 1.165) is 39.9 Å². The van der Waals surface area contributed by atoms with Crippen molar-refractivity contribution < 1.29 is 4.74 Å². The van der Waals surface area contributed by atoms with Crippen LogP contribution in [0.2, 0.25) is 0 Å². The van der Waals surface area contributed by atoms with Gasteiger partial charge in [-0.05, 0) is 84.0 Å². The van der Waals surface area contributed by atoms with E-state index in [1.807, 2.05) is 0 Å². The number of rotatable bonds is 4. The second-order valence-electron chi connectivity index (χ2n) is 10.7. The standard InChI is InChI=1S/C37H27BN2O/c1-26-19-21-29(22-20-26)39(27-11-4-2-5-12-27)30-23-24-32-36(25-30)41-35-18-10-17-34-37(35)38(32)31-15-8-9-16-33(31)40(34)28-13-6-3-7-14-28/h2-25H,1H3. The van der Waals surface area contributed by atoms with Crippen LogP contribution in [0, 0.1) is 6.92 Å². The smallest absolute Gasteiger partial charge is 0.256 e. The minimum Gasteiger partial charge on any atom is -0.458 e. The molecule has 0 aromatic heterocycles. The lowest BCUT2D eigenvalue weighted by molar-refractivity contribution is 0.487. The first kappa shape index (κ1) is 23.7. The zero-order valence-corrected chi connectivity index (χ0v) is 22.7. The number of fused-ring (bicyclic) bond motifs is 4. The van der Waals surface area contributed by atoms with E-state index in [1.54, 1.807) is 0 Å². The maximum absolute atomic E-state index is 6.75. The number of nitrogens with zero attached hydrogens (tertiary/aromatic N) is 2. The number of benzene rings is 6. The molecule has 0 aliphatic carbocycles. The molecule has 0 saturated carbocycles. The SMILES string of the molecule is Cc1ccc(N(c2ccccc2)c2ccc3c(c2)Oc2cccc4c2B3c2ccccc2N4c2ccccc2)cc1. The first-order valence-electron chi connectivity index (χ1n) is 14.1. The van der Waals surface area contributed by atoms with Gasteiger partial charge < -0.3 is 14.5 Å². The number of para-hydroxylation sites is 3. The van der Waals surface area contributed by atoms with Crippen LogP contribution in [0.25, 0.3) is 0 Å². The highest BCUT2D eigenvalue weighted by Crippen LogP contribution is 2.42. The third kappa shape index (κ3) is 3.83. The molecule has 0 bridgehead atoms. The van der Waals surface area contributed by atoms with Crippen molar-refractivity contribution in [2.75, 3.05) is 9.80 Å². The highest BCUT2D eigenvalue weighted by Gasteiger charge is 2.41. The molecule has 6 aromatic carbocycles. The van der Waals surface area contributed by atoms with Crippen LogP contribution in [0.5, 0.6) is 11.5 Å². The Morgan fingerprint density at radius 1 is 0.537 bits per heavy atom. The molecule has 0 amide bonds. The van der Waals surface area contributed by atoms with Crippen molar-refractivity contribution >= 4 is 57.2 Å². The monoisotopic (exact) mass is 526 g/mol. The fourth-order valence-electron chi connectivity index (χ4n) is 6.33. The summed E-state index contributed by atoms with van der Waals surface area (Å²) < 4.78 is 6.75. The predicted octanol–water partition coefficient (Wildman–Crippen LogP) is 7.87. The minimum absolute atomic E-state index is 0.0831. The maximum atomic E-state index is 6.75. The quantitative estimate of drug-likeness (QED) is 0.217. The fourth-order valence-corrected chi connectivity index (χ4v) is 6.33. The van der Waals surface area contributed by atoms with E-state index in [1.165, 1.54) is 27.6 Å². The molecule has 0 saturated heterocycles. The average Bonchev–Trinajstić information content (AvgIpc) is 3.03. The summed E-state index contributed by atoms with van der Waals surface area (Å²) in [5, 5.41) is 0. The Morgan fingerprint density at radius 3 is 2.00 bits per heavy atom. The molecule has 2 heterocycles. The van der Waals surface area contributed by atoms with E-state index >= 15 is 0 Å².